The summed E-state index contributed by atoms with van der Waals surface area (Å²) in [5, 5.41) is 17.4. The zero-order chi connectivity index (χ0) is 20.3. The normalized spacial score (nSPS) is 19.8. The van der Waals surface area contributed by atoms with Crippen molar-refractivity contribution in [2.75, 3.05) is 13.1 Å². The van der Waals surface area contributed by atoms with Crippen molar-refractivity contribution >= 4 is 17.9 Å². The van der Waals surface area contributed by atoms with Gasteiger partial charge in [-0.25, -0.2) is 0 Å². The van der Waals surface area contributed by atoms with Gasteiger partial charge in [-0.15, -0.1) is 0 Å². The molecule has 1 aromatic carbocycles. The molecule has 2 amide bonds. The third kappa shape index (κ3) is 4.31. The van der Waals surface area contributed by atoms with Gasteiger partial charge in [-0.05, 0) is 31.9 Å². The Morgan fingerprint density at radius 1 is 1.25 bits per heavy atom. The second-order valence-corrected chi connectivity index (χ2v) is 7.15. The zero-order valence-electron chi connectivity index (χ0n) is 16.4. The van der Waals surface area contributed by atoms with Crippen LogP contribution >= 0.6 is 0 Å². The fraction of sp³-hybridized carbons (Fsp3) is 0.381. The summed E-state index contributed by atoms with van der Waals surface area (Å²) in [5.41, 5.74) is 3.13. The first-order valence-corrected chi connectivity index (χ1v) is 9.38. The van der Waals surface area contributed by atoms with Gasteiger partial charge in [-0.1, -0.05) is 30.3 Å². The maximum atomic E-state index is 13.0. The number of aryl methyl sites for hydroxylation is 2. The smallest absolute Gasteiger partial charge is 0.272 e. The summed E-state index contributed by atoms with van der Waals surface area (Å²) >= 11 is 0. The highest BCUT2D eigenvalue weighted by Crippen LogP contribution is 2.18. The number of carbonyl (C=O) groups excluding carboxylic acids is 2. The van der Waals surface area contributed by atoms with Crippen LogP contribution in [-0.2, 0) is 11.8 Å². The topological polar surface area (TPSA) is 87.5 Å². The monoisotopic (exact) mass is 382 g/mol. The van der Waals surface area contributed by atoms with Gasteiger partial charge in [-0.3, -0.25) is 14.3 Å². The number of nitrogens with zero attached hydrogens (tertiary/aromatic N) is 3. The standard InChI is InChI=1S/C21H26N4O3/c1-14-15(2)23-24(3)20(14)21(28)25-12-11-18(26)17(13-25)22-19(27)10-9-16-7-5-4-6-8-16/h4-10,17-18,26H,11-13H2,1-3H3,(H,22,27)/b10-9+/t17-,18-/m1/s1. The molecule has 1 aliphatic heterocycles. The van der Waals surface area contributed by atoms with E-state index in [0.717, 1.165) is 16.8 Å². The van der Waals surface area contributed by atoms with Crippen molar-refractivity contribution in [1.82, 2.24) is 20.0 Å². The van der Waals surface area contributed by atoms with Gasteiger partial charge in [0.15, 0.2) is 0 Å². The van der Waals surface area contributed by atoms with E-state index in [9.17, 15) is 14.7 Å². The van der Waals surface area contributed by atoms with Crippen molar-refractivity contribution in [3.8, 4) is 0 Å². The number of nitrogens with one attached hydrogen (secondary N) is 1. The first kappa shape index (κ1) is 19.8. The van der Waals surface area contributed by atoms with E-state index < -0.39 is 12.1 Å². The van der Waals surface area contributed by atoms with Crippen LogP contribution in [-0.4, -0.2) is 56.8 Å². The molecule has 0 bridgehead atoms. The van der Waals surface area contributed by atoms with E-state index in [1.807, 2.05) is 44.2 Å². The number of benzene rings is 1. The van der Waals surface area contributed by atoms with Gasteiger partial charge in [-0.2, -0.15) is 5.10 Å². The van der Waals surface area contributed by atoms with Gasteiger partial charge in [0.05, 0.1) is 17.8 Å². The molecule has 7 heteroatoms. The molecule has 2 N–H and O–H groups in total. The number of rotatable bonds is 4. The first-order valence-electron chi connectivity index (χ1n) is 9.38. The number of carbonyl (C=O) groups is 2. The zero-order valence-corrected chi connectivity index (χ0v) is 16.4. The van der Waals surface area contributed by atoms with Gasteiger partial charge in [0.2, 0.25) is 5.91 Å². The molecule has 1 aliphatic rings. The molecule has 0 unspecified atom stereocenters. The summed E-state index contributed by atoms with van der Waals surface area (Å²) in [4.78, 5) is 26.9. The van der Waals surface area contributed by atoms with Crippen LogP contribution in [0.4, 0.5) is 0 Å². The fourth-order valence-electron chi connectivity index (χ4n) is 3.45. The second kappa shape index (κ2) is 8.39. The van der Waals surface area contributed by atoms with Crippen molar-refractivity contribution in [3.63, 3.8) is 0 Å². The summed E-state index contributed by atoms with van der Waals surface area (Å²) in [6, 6.07) is 8.99. The van der Waals surface area contributed by atoms with E-state index in [2.05, 4.69) is 10.4 Å². The van der Waals surface area contributed by atoms with Gasteiger partial charge in [0.1, 0.15) is 5.69 Å². The molecule has 28 heavy (non-hydrogen) atoms. The van der Waals surface area contributed by atoms with E-state index >= 15 is 0 Å². The lowest BCUT2D eigenvalue weighted by atomic mass is 10.0. The van der Waals surface area contributed by atoms with E-state index in [-0.39, 0.29) is 18.4 Å². The van der Waals surface area contributed by atoms with Crippen molar-refractivity contribution in [2.45, 2.75) is 32.4 Å². The Balaban J connectivity index is 1.66. The minimum Gasteiger partial charge on any atom is -0.391 e. The minimum absolute atomic E-state index is 0.133. The van der Waals surface area contributed by atoms with Crippen molar-refractivity contribution in [3.05, 3.63) is 58.9 Å². The van der Waals surface area contributed by atoms with E-state index in [1.54, 1.807) is 22.7 Å². The number of aliphatic hydroxyl groups excluding tert-OH is 1. The second-order valence-electron chi connectivity index (χ2n) is 7.15. The van der Waals surface area contributed by atoms with Gasteiger partial charge >= 0.3 is 0 Å². The molecule has 0 spiro atoms. The third-order valence-electron chi connectivity index (χ3n) is 5.14. The first-order chi connectivity index (χ1) is 13.4. The van der Waals surface area contributed by atoms with Crippen LogP contribution in [0, 0.1) is 13.8 Å². The number of hydrogen-bond donors (Lipinski definition) is 2. The lowest BCUT2D eigenvalue weighted by Gasteiger charge is -2.36. The summed E-state index contributed by atoms with van der Waals surface area (Å²) in [6.45, 7) is 4.45. The number of amides is 2. The molecule has 2 atom stereocenters. The Bertz CT molecular complexity index is 889. The maximum Gasteiger partial charge on any atom is 0.272 e. The van der Waals surface area contributed by atoms with E-state index in [1.165, 1.54) is 6.08 Å². The van der Waals surface area contributed by atoms with Crippen LogP contribution in [0.1, 0.15) is 33.7 Å². The molecule has 0 radical (unpaired) electrons. The number of likely N-dealkylation sites (tertiary alicyclic amines) is 1. The Labute approximate surface area is 164 Å². The summed E-state index contributed by atoms with van der Waals surface area (Å²) in [5.74, 6) is -0.429. The molecule has 1 saturated heterocycles. The molecule has 1 fully saturated rings. The molecular formula is C21H26N4O3. The highest BCUT2D eigenvalue weighted by atomic mass is 16.3. The number of piperidine rings is 1. The van der Waals surface area contributed by atoms with Gasteiger partial charge < -0.3 is 15.3 Å². The summed E-state index contributed by atoms with van der Waals surface area (Å²) in [7, 11) is 1.75. The van der Waals surface area contributed by atoms with E-state index in [0.29, 0.717) is 18.7 Å². The Kier molecular flexibility index (Phi) is 5.94. The summed E-state index contributed by atoms with van der Waals surface area (Å²) in [6.07, 6.45) is 2.88. The molecular weight excluding hydrogens is 356 g/mol. The highest BCUT2D eigenvalue weighted by Gasteiger charge is 2.33. The molecule has 0 saturated carbocycles. The van der Waals surface area contributed by atoms with Gasteiger partial charge in [0, 0.05) is 31.8 Å². The van der Waals surface area contributed by atoms with Crippen molar-refractivity contribution in [2.24, 2.45) is 7.05 Å². The van der Waals surface area contributed by atoms with Crippen LogP contribution < -0.4 is 5.32 Å². The molecule has 7 nitrogen and oxygen atoms in total. The third-order valence-corrected chi connectivity index (χ3v) is 5.14. The molecule has 148 valence electrons. The van der Waals surface area contributed by atoms with Crippen LogP contribution in [0.5, 0.6) is 0 Å². The van der Waals surface area contributed by atoms with Crippen LogP contribution in [0.2, 0.25) is 0 Å². The molecule has 2 aromatic rings. The highest BCUT2D eigenvalue weighted by molar-refractivity contribution is 5.95. The number of aliphatic hydroxyl groups is 1. The van der Waals surface area contributed by atoms with Crippen molar-refractivity contribution in [1.29, 1.82) is 0 Å². The van der Waals surface area contributed by atoms with Gasteiger partial charge in [0.25, 0.3) is 5.91 Å². The van der Waals surface area contributed by atoms with Crippen LogP contribution in [0.3, 0.4) is 0 Å². The minimum atomic E-state index is -0.688. The molecule has 3 rings (SSSR count). The van der Waals surface area contributed by atoms with Crippen molar-refractivity contribution < 1.29 is 14.7 Å². The number of hydrogen-bond acceptors (Lipinski definition) is 4. The number of aromatic nitrogens is 2. The Morgan fingerprint density at radius 2 is 1.96 bits per heavy atom. The molecule has 1 aromatic heterocycles. The lowest BCUT2D eigenvalue weighted by molar-refractivity contribution is -0.118. The fourth-order valence-corrected chi connectivity index (χ4v) is 3.45. The Morgan fingerprint density at radius 3 is 2.61 bits per heavy atom. The molecule has 2 heterocycles. The maximum absolute atomic E-state index is 13.0. The SMILES string of the molecule is Cc1nn(C)c(C(=O)N2CC[C@@H](O)[C@H](NC(=O)/C=C/c3ccccc3)C2)c1C. The van der Waals surface area contributed by atoms with Crippen LogP contribution in [0.25, 0.3) is 6.08 Å². The van der Waals surface area contributed by atoms with Crippen LogP contribution in [0.15, 0.2) is 36.4 Å². The predicted octanol–water partition coefficient (Wildman–Crippen LogP) is 1.44. The Hall–Kier alpha value is -2.93. The summed E-state index contributed by atoms with van der Waals surface area (Å²) < 4.78 is 1.59. The molecule has 0 aliphatic carbocycles. The van der Waals surface area contributed by atoms with E-state index in [4.69, 9.17) is 0 Å². The predicted molar refractivity (Wildman–Crippen MR) is 107 cm³/mol. The average Bonchev–Trinajstić information content (AvgIpc) is 2.94. The average molecular weight is 382 g/mol. The largest absolute Gasteiger partial charge is 0.391 e. The lowest BCUT2D eigenvalue weighted by Crippen LogP contribution is -2.56. The quantitative estimate of drug-likeness (QED) is 0.784.